The second-order valence-corrected chi connectivity index (χ2v) is 6.38. The topological polar surface area (TPSA) is 63.0 Å². The van der Waals surface area contributed by atoms with Crippen molar-refractivity contribution in [2.45, 2.75) is 6.04 Å². The van der Waals surface area contributed by atoms with Crippen molar-refractivity contribution in [1.29, 1.82) is 0 Å². The van der Waals surface area contributed by atoms with Crippen LogP contribution in [0.5, 0.6) is 5.75 Å². The summed E-state index contributed by atoms with van der Waals surface area (Å²) < 4.78 is 6.92. The standard InChI is InChI=1S/C23H21N4O/c1-28-20-14-12-17(13-15-20)16-25-27-22(19-10-6-3-7-11-19)21(26-23(27)24)18-8-4-2-5-9-18/h2-16,21H,1H3,(H2,24,26)/q+1. The molecule has 0 amide bonds. The third kappa shape index (κ3) is 3.55. The Labute approximate surface area is 164 Å². The Morgan fingerprint density at radius 1 is 0.929 bits per heavy atom. The summed E-state index contributed by atoms with van der Waals surface area (Å²) in [5.41, 5.74) is 10.3. The third-order valence-corrected chi connectivity index (χ3v) is 4.59. The first-order valence-electron chi connectivity index (χ1n) is 9.05. The first kappa shape index (κ1) is 17.7. The number of ether oxygens (including phenoxy) is 1. The van der Waals surface area contributed by atoms with E-state index >= 15 is 0 Å². The molecule has 28 heavy (non-hydrogen) atoms. The van der Waals surface area contributed by atoms with Crippen molar-refractivity contribution in [2.75, 3.05) is 7.11 Å². The molecule has 1 unspecified atom stereocenters. The van der Waals surface area contributed by atoms with Gasteiger partial charge >= 0.3 is 5.96 Å². The van der Waals surface area contributed by atoms with Gasteiger partial charge in [-0.15, -0.1) is 9.79 Å². The van der Waals surface area contributed by atoms with Gasteiger partial charge in [0.05, 0.1) is 13.3 Å². The van der Waals surface area contributed by atoms with E-state index in [0.717, 1.165) is 28.2 Å². The summed E-state index contributed by atoms with van der Waals surface area (Å²) in [5, 5.41) is 4.64. The molecule has 1 heterocycles. The van der Waals surface area contributed by atoms with E-state index in [1.165, 1.54) is 0 Å². The van der Waals surface area contributed by atoms with E-state index in [0.29, 0.717) is 5.96 Å². The van der Waals surface area contributed by atoms with E-state index in [1.54, 1.807) is 18.0 Å². The molecule has 0 aromatic heterocycles. The SMILES string of the molecule is COc1ccc(C=N[N+]2=C(c3ccccc3)C(c3ccccc3)N=C2N)cc1. The van der Waals surface area contributed by atoms with Crippen LogP contribution in [-0.2, 0) is 0 Å². The highest BCUT2D eigenvalue weighted by Gasteiger charge is 2.36. The average Bonchev–Trinajstić information content (AvgIpc) is 3.10. The predicted octanol–water partition coefficient (Wildman–Crippen LogP) is 3.60. The Morgan fingerprint density at radius 3 is 2.21 bits per heavy atom. The highest BCUT2D eigenvalue weighted by molar-refractivity contribution is 6.07. The summed E-state index contributed by atoms with van der Waals surface area (Å²) in [6.07, 6.45) is 1.78. The third-order valence-electron chi connectivity index (χ3n) is 4.59. The van der Waals surface area contributed by atoms with Gasteiger partial charge in [-0.25, -0.2) is 0 Å². The molecule has 1 atom stereocenters. The highest BCUT2D eigenvalue weighted by Crippen LogP contribution is 2.27. The van der Waals surface area contributed by atoms with E-state index in [-0.39, 0.29) is 6.04 Å². The number of benzene rings is 3. The van der Waals surface area contributed by atoms with Crippen LogP contribution in [0, 0.1) is 0 Å². The molecule has 0 fully saturated rings. The van der Waals surface area contributed by atoms with Gasteiger partial charge in [0.25, 0.3) is 0 Å². The Balaban J connectivity index is 1.77. The normalized spacial score (nSPS) is 16.5. The number of hydrogen-bond acceptors (Lipinski definition) is 4. The summed E-state index contributed by atoms with van der Waals surface area (Å²) in [5.74, 6) is 1.18. The molecule has 0 saturated heterocycles. The van der Waals surface area contributed by atoms with Crippen molar-refractivity contribution in [2.24, 2.45) is 15.8 Å². The fourth-order valence-corrected chi connectivity index (χ4v) is 3.18. The zero-order valence-electron chi connectivity index (χ0n) is 15.6. The summed E-state index contributed by atoms with van der Waals surface area (Å²) in [6.45, 7) is 0. The maximum Gasteiger partial charge on any atom is 0.409 e. The lowest BCUT2D eigenvalue weighted by molar-refractivity contribution is -0.410. The van der Waals surface area contributed by atoms with Crippen molar-refractivity contribution in [3.8, 4) is 5.75 Å². The number of rotatable bonds is 5. The predicted molar refractivity (Wildman–Crippen MR) is 112 cm³/mol. The van der Waals surface area contributed by atoms with Crippen molar-refractivity contribution in [1.82, 2.24) is 0 Å². The largest absolute Gasteiger partial charge is 0.497 e. The van der Waals surface area contributed by atoms with E-state index in [1.807, 2.05) is 60.7 Å². The molecule has 1 aliphatic heterocycles. The average molecular weight is 369 g/mol. The van der Waals surface area contributed by atoms with Crippen molar-refractivity contribution in [3.63, 3.8) is 0 Å². The van der Waals surface area contributed by atoms with Crippen LogP contribution in [-0.4, -0.2) is 29.7 Å². The lowest BCUT2D eigenvalue weighted by atomic mass is 9.97. The Morgan fingerprint density at radius 2 is 1.57 bits per heavy atom. The number of hydrogen-bond donors (Lipinski definition) is 1. The maximum absolute atomic E-state index is 6.27. The lowest BCUT2D eigenvalue weighted by Gasteiger charge is -2.08. The van der Waals surface area contributed by atoms with Crippen LogP contribution < -0.4 is 10.5 Å². The second kappa shape index (κ2) is 7.88. The van der Waals surface area contributed by atoms with E-state index < -0.39 is 0 Å². The van der Waals surface area contributed by atoms with Gasteiger partial charge in [0.2, 0.25) is 0 Å². The maximum atomic E-state index is 6.27. The molecule has 1 aliphatic rings. The minimum atomic E-state index is -0.198. The monoisotopic (exact) mass is 369 g/mol. The highest BCUT2D eigenvalue weighted by atomic mass is 16.5. The molecule has 4 rings (SSSR count). The summed E-state index contributed by atoms with van der Waals surface area (Å²) >= 11 is 0. The smallest absolute Gasteiger partial charge is 0.409 e. The van der Waals surface area contributed by atoms with Crippen LogP contribution in [0.4, 0.5) is 0 Å². The molecule has 0 bridgehead atoms. The number of guanidine groups is 1. The summed E-state index contributed by atoms with van der Waals surface area (Å²) in [6, 6.07) is 27.7. The first-order valence-corrected chi connectivity index (χ1v) is 9.05. The van der Waals surface area contributed by atoms with E-state index in [4.69, 9.17) is 10.5 Å². The fraction of sp³-hybridized carbons (Fsp3) is 0.0870. The number of aliphatic imine (C=N–C) groups is 1. The molecule has 0 saturated carbocycles. The number of nitrogens with two attached hydrogens (primary N) is 1. The molecule has 2 N–H and O–H groups in total. The van der Waals surface area contributed by atoms with E-state index in [9.17, 15) is 0 Å². The van der Waals surface area contributed by atoms with Gasteiger partial charge in [0.15, 0.2) is 11.8 Å². The zero-order valence-corrected chi connectivity index (χ0v) is 15.6. The quantitative estimate of drug-likeness (QED) is 0.552. The molecule has 0 spiro atoms. The van der Waals surface area contributed by atoms with Crippen molar-refractivity contribution >= 4 is 17.9 Å². The fourth-order valence-electron chi connectivity index (χ4n) is 3.18. The van der Waals surface area contributed by atoms with Crippen LogP contribution in [0.1, 0.15) is 22.7 Å². The van der Waals surface area contributed by atoms with Crippen LogP contribution in [0.2, 0.25) is 0 Å². The Kier molecular flexibility index (Phi) is 4.97. The van der Waals surface area contributed by atoms with Gasteiger partial charge in [-0.1, -0.05) is 65.7 Å². The number of methoxy groups -OCH3 is 1. The van der Waals surface area contributed by atoms with Gasteiger partial charge < -0.3 is 4.74 Å². The molecule has 5 heteroatoms. The molecule has 138 valence electrons. The number of hydrazone groups is 1. The van der Waals surface area contributed by atoms with Crippen LogP contribution in [0.25, 0.3) is 0 Å². The van der Waals surface area contributed by atoms with Crippen LogP contribution >= 0.6 is 0 Å². The molecule has 0 aliphatic carbocycles. The molecular formula is C23H21N4O+. The van der Waals surface area contributed by atoms with Gasteiger partial charge in [-0.3, -0.25) is 5.73 Å². The van der Waals surface area contributed by atoms with Gasteiger partial charge in [0.1, 0.15) is 5.75 Å². The molecular weight excluding hydrogens is 348 g/mol. The molecule has 3 aromatic carbocycles. The minimum Gasteiger partial charge on any atom is -0.497 e. The first-order chi connectivity index (χ1) is 13.8. The molecule has 3 aromatic rings. The summed E-state index contributed by atoms with van der Waals surface area (Å²) in [7, 11) is 1.65. The van der Waals surface area contributed by atoms with E-state index in [2.05, 4.69) is 34.4 Å². The van der Waals surface area contributed by atoms with Gasteiger partial charge in [0, 0.05) is 11.1 Å². The van der Waals surface area contributed by atoms with Crippen molar-refractivity contribution < 1.29 is 9.42 Å². The van der Waals surface area contributed by atoms with Crippen molar-refractivity contribution in [3.05, 3.63) is 102 Å². The molecule has 0 radical (unpaired) electrons. The number of nitrogens with zero attached hydrogens (tertiary/aromatic N) is 3. The Bertz CT molecular complexity index is 1040. The minimum absolute atomic E-state index is 0.198. The van der Waals surface area contributed by atoms with Gasteiger partial charge in [-0.05, 0) is 29.8 Å². The molecule has 5 nitrogen and oxygen atoms in total. The van der Waals surface area contributed by atoms with Crippen LogP contribution in [0.15, 0.2) is 95.0 Å². The zero-order chi connectivity index (χ0) is 19.3. The second-order valence-electron chi connectivity index (χ2n) is 6.38. The summed E-state index contributed by atoms with van der Waals surface area (Å²) in [4.78, 5) is 4.69. The van der Waals surface area contributed by atoms with Crippen LogP contribution in [0.3, 0.4) is 0 Å². The lowest BCUT2D eigenvalue weighted by Crippen LogP contribution is -2.26. The van der Waals surface area contributed by atoms with Gasteiger partial charge in [-0.2, -0.15) is 0 Å². The Hall–Kier alpha value is -3.73.